The fourth-order valence-electron chi connectivity index (χ4n) is 9.89. The second-order valence-corrected chi connectivity index (χ2v) is 19.9. The molecule has 18 nitrogen and oxygen atoms in total. The fraction of sp³-hybridized carbons (Fsp3) is 0.894. The molecule has 3 aliphatic rings. The second-order valence-electron chi connectivity index (χ2n) is 19.9. The predicted octanol–water partition coefficient (Wildman–Crippen LogP) is 1.86. The van der Waals surface area contributed by atoms with Gasteiger partial charge in [-0.1, -0.05) is 39.8 Å². The van der Waals surface area contributed by atoms with Gasteiger partial charge in [-0.05, 0) is 94.2 Å². The first kappa shape index (κ1) is 57.0. The van der Waals surface area contributed by atoms with E-state index in [0.29, 0.717) is 6.42 Å². The van der Waals surface area contributed by atoms with Gasteiger partial charge in [0.2, 0.25) is 11.8 Å². The number of aliphatic hydroxyl groups excluding tert-OH is 3. The van der Waals surface area contributed by atoms with Crippen molar-refractivity contribution in [3.05, 3.63) is 12.2 Å². The van der Waals surface area contributed by atoms with Gasteiger partial charge in [-0.3, -0.25) is 19.3 Å². The maximum absolute atomic E-state index is 14.5. The van der Waals surface area contributed by atoms with Crippen LogP contribution in [0.1, 0.15) is 115 Å². The van der Waals surface area contributed by atoms with E-state index >= 15 is 0 Å². The molecule has 2 amide bonds. The van der Waals surface area contributed by atoms with Crippen LogP contribution in [0.4, 0.5) is 0 Å². The number of allylic oxidation sites excluding steroid dienone is 1. The van der Waals surface area contributed by atoms with Gasteiger partial charge in [0.1, 0.15) is 30.0 Å². The molecule has 3 aliphatic heterocycles. The summed E-state index contributed by atoms with van der Waals surface area (Å²) in [5.74, 6) is -3.69. The lowest BCUT2D eigenvalue weighted by Crippen LogP contribution is -2.60. The smallest absolute Gasteiger partial charge is 0.311 e. The summed E-state index contributed by atoms with van der Waals surface area (Å²) in [4.78, 5) is 43.8. The lowest BCUT2D eigenvalue weighted by Gasteiger charge is -2.48. The molecule has 0 aromatic rings. The third kappa shape index (κ3) is 15.1. The van der Waals surface area contributed by atoms with Gasteiger partial charge in [-0.2, -0.15) is 0 Å². The largest absolute Gasteiger partial charge is 0.459 e. The minimum absolute atomic E-state index is 0.0569. The molecule has 0 saturated carbocycles. The van der Waals surface area contributed by atoms with Crippen LogP contribution in [0, 0.1) is 17.8 Å². The van der Waals surface area contributed by atoms with Crippen LogP contribution < -0.4 is 10.6 Å². The summed E-state index contributed by atoms with van der Waals surface area (Å²) in [7, 11) is 5.20. The number of ether oxygens (including phenoxy) is 6. The number of hydrogen-bond donors (Lipinski definition) is 7. The molecule has 0 bridgehead atoms. The monoisotopic (exact) mass is 931 g/mol. The molecule has 3 rings (SSSR count). The number of likely N-dealkylation sites (N-methyl/N-ethyl adjacent to an activating group) is 1. The van der Waals surface area contributed by atoms with Gasteiger partial charge in [0.05, 0.1) is 48.1 Å². The van der Waals surface area contributed by atoms with Crippen LogP contribution in [0.2, 0.25) is 0 Å². The number of carbonyl (C=O) groups excluding carboxylic acids is 3. The molecule has 3 fully saturated rings. The number of carbonyl (C=O) groups is 3. The van der Waals surface area contributed by atoms with Gasteiger partial charge in [-0.15, -0.1) is 0 Å². The molecule has 0 aliphatic carbocycles. The zero-order valence-corrected chi connectivity index (χ0v) is 41.7. The quantitative estimate of drug-likeness (QED) is 0.0705. The van der Waals surface area contributed by atoms with Crippen molar-refractivity contribution in [3.63, 3.8) is 0 Å². The van der Waals surface area contributed by atoms with Crippen molar-refractivity contribution < 1.29 is 68.3 Å². The maximum Gasteiger partial charge on any atom is 0.311 e. The Bertz CT molecular complexity index is 1530. The van der Waals surface area contributed by atoms with Crippen molar-refractivity contribution in [3.8, 4) is 0 Å². The van der Waals surface area contributed by atoms with Crippen LogP contribution in [-0.2, 0) is 42.8 Å². The fourth-order valence-corrected chi connectivity index (χ4v) is 9.89. The second kappa shape index (κ2) is 24.8. The first-order chi connectivity index (χ1) is 30.2. The van der Waals surface area contributed by atoms with Crippen molar-refractivity contribution in [1.29, 1.82) is 0 Å². The van der Waals surface area contributed by atoms with Gasteiger partial charge in [0, 0.05) is 57.6 Å². The summed E-state index contributed by atoms with van der Waals surface area (Å²) in [6.45, 7) is 19.3. The Kier molecular flexibility index (Phi) is 21.7. The number of cyclic esters (lactones) is 1. The molecule has 3 heterocycles. The number of nitrogens with one attached hydrogen (secondary N) is 2. The van der Waals surface area contributed by atoms with E-state index in [1.807, 2.05) is 45.8 Å². The summed E-state index contributed by atoms with van der Waals surface area (Å²) < 4.78 is 37.8. The Labute approximate surface area is 388 Å². The number of esters is 1. The summed E-state index contributed by atoms with van der Waals surface area (Å²) in [5.41, 5.74) is -4.81. The van der Waals surface area contributed by atoms with E-state index in [1.54, 1.807) is 59.4 Å². The molecule has 7 N–H and O–H groups in total. The number of aliphatic hydroxyl groups is 5. The van der Waals surface area contributed by atoms with Gasteiger partial charge < -0.3 is 69.5 Å². The van der Waals surface area contributed by atoms with Crippen LogP contribution in [0.25, 0.3) is 0 Å². The van der Waals surface area contributed by atoms with Gasteiger partial charge >= 0.3 is 5.97 Å². The summed E-state index contributed by atoms with van der Waals surface area (Å²) in [5, 5.41) is 65.2. The van der Waals surface area contributed by atoms with Crippen molar-refractivity contribution in [1.82, 2.24) is 20.4 Å². The topological polar surface area (TPSA) is 238 Å². The molecule has 0 spiro atoms. The van der Waals surface area contributed by atoms with E-state index in [0.717, 1.165) is 6.42 Å². The Balaban J connectivity index is 2.11. The van der Waals surface area contributed by atoms with E-state index in [1.165, 1.54) is 14.0 Å². The molecule has 378 valence electrons. The molecule has 18 atom stereocenters. The molecular formula is C47H86N4O14. The maximum atomic E-state index is 14.5. The van der Waals surface area contributed by atoms with Gasteiger partial charge in [0.25, 0.3) is 0 Å². The van der Waals surface area contributed by atoms with Gasteiger partial charge in [-0.25, -0.2) is 0 Å². The molecule has 65 heavy (non-hydrogen) atoms. The zero-order chi connectivity index (χ0) is 49.2. The number of nitrogens with zero attached hydrogens (tertiary/aromatic N) is 2. The first-order valence-electron chi connectivity index (χ1n) is 23.7. The average Bonchev–Trinajstić information content (AvgIpc) is 3.23. The molecule has 0 aromatic carbocycles. The summed E-state index contributed by atoms with van der Waals surface area (Å²) in [6, 6.07) is -1.22. The minimum atomic E-state index is -2.01. The number of hydrogen-bond acceptors (Lipinski definition) is 16. The van der Waals surface area contributed by atoms with Crippen LogP contribution in [0.5, 0.6) is 0 Å². The lowest BCUT2D eigenvalue weighted by atomic mass is 9.77. The predicted molar refractivity (Wildman–Crippen MR) is 243 cm³/mol. The molecule has 18 heteroatoms. The standard InChI is InChI=1S/C47H86N4O14/c1-15-17-18-19-35(52)48-20-21-49-36(53)26-51-25-27(3)23-45(9,58)42(65-44-38(54)33(50(12)13)22-28(4)61-44)29(5)39(64-37-24-46(10,60-14)41(56)32(8)62-37)30(6)43(57)63-34(16-2)47(11,59)40(55)31(51)7/h17-18,27-34,37-42,44,54-56,58-59H,15-16,19-26H2,1-14H3,(H,48,52)(H,49,53)/b18-17-/t27-,28-,29+,30-,31-,32+,33+,34-,37+,38-,39+,40-,41+,42-,44+,45-,46-,47-/m1/s1. The highest BCUT2D eigenvalue weighted by Crippen LogP contribution is 2.40. The summed E-state index contributed by atoms with van der Waals surface area (Å²) in [6.07, 6.45) is -4.90. The van der Waals surface area contributed by atoms with Crippen molar-refractivity contribution in [2.45, 2.75) is 205 Å². The Morgan fingerprint density at radius 1 is 0.908 bits per heavy atom. The Morgan fingerprint density at radius 3 is 2.12 bits per heavy atom. The zero-order valence-electron chi connectivity index (χ0n) is 41.7. The van der Waals surface area contributed by atoms with E-state index in [4.69, 9.17) is 28.4 Å². The summed E-state index contributed by atoms with van der Waals surface area (Å²) >= 11 is 0. The molecule has 3 saturated heterocycles. The molecule has 0 aromatic heterocycles. The van der Waals surface area contributed by atoms with Gasteiger partial charge in [0.15, 0.2) is 12.6 Å². The highest BCUT2D eigenvalue weighted by atomic mass is 16.7. The van der Waals surface area contributed by atoms with E-state index in [9.17, 15) is 39.9 Å². The van der Waals surface area contributed by atoms with E-state index < -0.39 is 108 Å². The third-order valence-electron chi connectivity index (χ3n) is 13.9. The van der Waals surface area contributed by atoms with E-state index in [-0.39, 0.29) is 69.9 Å². The SMILES string of the molecule is CC/C=C\CC(=O)NCCNC(=O)CN1C[C@H](C)C[C@@](C)(O)[C@H](O[C@@H]2O[C@H](C)C[C@H](N(C)C)[C@H]2O)[C@@H](C)[C@H](O[C@H]2C[C@@](C)(OC)[C@@H](O)[C@H](C)O2)[C@@H](C)C(=O)O[C@H](CC)[C@@](C)(O)[C@H](O)[C@H]1C. The van der Waals surface area contributed by atoms with E-state index in [2.05, 4.69) is 10.6 Å². The Hall–Kier alpha value is -2.33. The van der Waals surface area contributed by atoms with Crippen LogP contribution in [-0.4, -0.2) is 191 Å². The van der Waals surface area contributed by atoms with Crippen molar-refractivity contribution in [2.24, 2.45) is 17.8 Å². The highest BCUT2D eigenvalue weighted by molar-refractivity contribution is 5.79. The number of methoxy groups -OCH3 is 1. The Morgan fingerprint density at radius 2 is 1.54 bits per heavy atom. The van der Waals surface area contributed by atoms with Crippen LogP contribution >= 0.6 is 0 Å². The first-order valence-corrected chi connectivity index (χ1v) is 23.7. The van der Waals surface area contributed by atoms with Crippen molar-refractivity contribution in [2.75, 3.05) is 47.4 Å². The third-order valence-corrected chi connectivity index (χ3v) is 13.9. The van der Waals surface area contributed by atoms with Crippen LogP contribution in [0.15, 0.2) is 12.2 Å². The lowest BCUT2D eigenvalue weighted by molar-refractivity contribution is -0.318. The minimum Gasteiger partial charge on any atom is -0.459 e. The number of rotatable bonds is 15. The highest BCUT2D eigenvalue weighted by Gasteiger charge is 2.53. The molecule has 0 unspecified atom stereocenters. The normalized spacial score (nSPS) is 42.0. The average molecular weight is 931 g/mol. The molecule has 0 radical (unpaired) electrons. The van der Waals surface area contributed by atoms with Crippen molar-refractivity contribution >= 4 is 17.8 Å². The molecular weight excluding hydrogens is 845 g/mol. The van der Waals surface area contributed by atoms with Crippen LogP contribution in [0.3, 0.4) is 0 Å². The number of amides is 2.